The van der Waals surface area contributed by atoms with Crippen LogP contribution in [0.5, 0.6) is 0 Å². The maximum Gasteiger partial charge on any atom is 0.329 e. The molecule has 6 heteroatoms. The fourth-order valence-electron chi connectivity index (χ4n) is 1.93. The summed E-state index contributed by atoms with van der Waals surface area (Å²) in [7, 11) is -0.546. The zero-order valence-corrected chi connectivity index (χ0v) is 17.4. The number of nitrogens with one attached hydrogen (secondary N) is 1. The van der Waals surface area contributed by atoms with Gasteiger partial charge >= 0.3 is 5.97 Å². The van der Waals surface area contributed by atoms with E-state index >= 15 is 0 Å². The lowest BCUT2D eigenvalue weighted by Crippen LogP contribution is -2.43. The Morgan fingerprint density at radius 1 is 1.23 bits per heavy atom. The minimum absolute atomic E-state index is 0.105. The van der Waals surface area contributed by atoms with Crippen LogP contribution in [-0.4, -0.2) is 38.2 Å². The van der Waals surface area contributed by atoms with Gasteiger partial charge in [0.1, 0.15) is 14.1 Å². The Bertz CT molecular complexity index is 683. The molecule has 0 fully saturated rings. The highest BCUT2D eigenvalue weighted by Gasteiger charge is 2.34. The van der Waals surface area contributed by atoms with E-state index in [0.29, 0.717) is 5.56 Å². The highest BCUT2D eigenvalue weighted by molar-refractivity contribution is 6.87. The van der Waals surface area contributed by atoms with Crippen molar-refractivity contribution < 1.29 is 19.4 Å². The van der Waals surface area contributed by atoms with Crippen molar-refractivity contribution in [2.24, 2.45) is 0 Å². The van der Waals surface area contributed by atoms with E-state index in [1.165, 1.54) is 7.11 Å². The highest BCUT2D eigenvalue weighted by Crippen LogP contribution is 2.35. The molecule has 26 heavy (non-hydrogen) atoms. The van der Waals surface area contributed by atoms with Crippen LogP contribution in [0.4, 0.5) is 0 Å². The minimum atomic E-state index is -1.81. The van der Waals surface area contributed by atoms with Gasteiger partial charge in [-0.15, -0.1) is 11.5 Å². The summed E-state index contributed by atoms with van der Waals surface area (Å²) in [5.41, 5.74) is 3.77. The van der Waals surface area contributed by atoms with Gasteiger partial charge in [0.2, 0.25) is 0 Å². The lowest BCUT2D eigenvalue weighted by molar-refractivity contribution is -0.146. The van der Waals surface area contributed by atoms with Crippen molar-refractivity contribution >= 4 is 20.0 Å². The van der Waals surface area contributed by atoms with E-state index in [9.17, 15) is 14.7 Å². The van der Waals surface area contributed by atoms with Crippen molar-refractivity contribution in [3.8, 4) is 11.5 Å². The number of esters is 1. The summed E-state index contributed by atoms with van der Waals surface area (Å²) in [4.78, 5) is 24.3. The number of hydrogen-bond donors (Lipinski definition) is 2. The molecule has 142 valence electrons. The molecule has 0 heterocycles. The van der Waals surface area contributed by atoms with Crippen molar-refractivity contribution in [1.82, 2.24) is 5.32 Å². The summed E-state index contributed by atoms with van der Waals surface area (Å²) in [5.74, 6) is 1.81. The normalized spacial score (nSPS) is 13.8. The first-order valence-corrected chi connectivity index (χ1v) is 11.6. The molecule has 2 N–H and O–H groups in total. The lowest BCUT2D eigenvalue weighted by atomic mass is 10.1. The molecule has 0 saturated carbocycles. The van der Waals surface area contributed by atoms with E-state index in [-0.39, 0.29) is 11.5 Å². The third-order valence-electron chi connectivity index (χ3n) is 4.75. The molecular weight excluding hydrogens is 346 g/mol. The fraction of sp³-hybridized carbons (Fsp3) is 0.500. The Hall–Kier alpha value is -2.10. The summed E-state index contributed by atoms with van der Waals surface area (Å²) in [5, 5.41) is 12.8. The number of hydrogen-bond acceptors (Lipinski definition) is 4. The van der Waals surface area contributed by atoms with E-state index in [1.54, 1.807) is 30.3 Å². The van der Waals surface area contributed by atoms with Crippen LogP contribution in [0, 0.1) is 11.5 Å². The zero-order valence-electron chi connectivity index (χ0n) is 16.4. The molecule has 0 bridgehead atoms. The van der Waals surface area contributed by atoms with E-state index in [4.69, 9.17) is 4.74 Å². The topological polar surface area (TPSA) is 75.6 Å². The third kappa shape index (κ3) is 6.01. The second kappa shape index (κ2) is 9.02. The average Bonchev–Trinajstić information content (AvgIpc) is 2.59. The van der Waals surface area contributed by atoms with E-state index in [0.717, 1.165) is 0 Å². The van der Waals surface area contributed by atoms with Crippen molar-refractivity contribution in [2.45, 2.75) is 57.5 Å². The summed E-state index contributed by atoms with van der Waals surface area (Å²) in [6.45, 7) is 10.8. The number of aliphatic hydroxyl groups is 1. The summed E-state index contributed by atoms with van der Waals surface area (Å²) in [6.07, 6.45) is -1.21. The van der Waals surface area contributed by atoms with Crippen LogP contribution in [0.25, 0.3) is 0 Å². The molecule has 0 aliphatic heterocycles. The van der Waals surface area contributed by atoms with Gasteiger partial charge in [-0.05, 0) is 10.6 Å². The van der Waals surface area contributed by atoms with Crippen molar-refractivity contribution in [2.75, 3.05) is 7.11 Å². The Morgan fingerprint density at radius 2 is 1.81 bits per heavy atom. The van der Waals surface area contributed by atoms with Gasteiger partial charge in [-0.3, -0.25) is 4.79 Å². The predicted molar refractivity (Wildman–Crippen MR) is 105 cm³/mol. The van der Waals surface area contributed by atoms with Crippen molar-refractivity contribution in [1.29, 1.82) is 0 Å². The second-order valence-corrected chi connectivity index (χ2v) is 12.8. The number of ether oxygens (including phenoxy) is 1. The van der Waals surface area contributed by atoms with Crippen LogP contribution in [0.15, 0.2) is 30.3 Å². The summed E-state index contributed by atoms with van der Waals surface area (Å²) >= 11 is 0. The minimum Gasteiger partial charge on any atom is -0.467 e. The smallest absolute Gasteiger partial charge is 0.329 e. The molecule has 0 saturated heterocycles. The first-order valence-electron chi connectivity index (χ1n) is 8.61. The van der Waals surface area contributed by atoms with Gasteiger partial charge < -0.3 is 15.2 Å². The van der Waals surface area contributed by atoms with Gasteiger partial charge in [-0.2, -0.15) is 0 Å². The van der Waals surface area contributed by atoms with Crippen molar-refractivity contribution in [3.63, 3.8) is 0 Å². The Balaban J connectivity index is 2.86. The van der Waals surface area contributed by atoms with Gasteiger partial charge in [0.15, 0.2) is 6.10 Å². The molecule has 0 spiro atoms. The second-order valence-electron chi connectivity index (χ2n) is 7.78. The van der Waals surface area contributed by atoms with E-state index < -0.39 is 32.1 Å². The first kappa shape index (κ1) is 21.9. The number of amides is 1. The number of carbonyl (C=O) groups is 2. The summed E-state index contributed by atoms with van der Waals surface area (Å²) < 4.78 is 4.76. The standard InChI is InChI=1S/C20H29NO4Si/c1-20(2,3)26(5,6)14-10-13-16(19(24)25-4)21-18(23)17(22)15-11-8-7-9-12-15/h7-9,11-12,16-17,22H,13H2,1-6H3,(H,21,23)/t16-,17-/m0/s1. The average molecular weight is 376 g/mol. The van der Waals surface area contributed by atoms with Gasteiger partial charge in [0, 0.05) is 6.42 Å². The van der Waals surface area contributed by atoms with Crippen LogP contribution >= 0.6 is 0 Å². The predicted octanol–water partition coefficient (Wildman–Crippen LogP) is 2.82. The number of aliphatic hydroxyl groups excluding tert-OH is 1. The maximum atomic E-state index is 12.3. The molecule has 1 rings (SSSR count). The zero-order chi connectivity index (χ0) is 20.0. The molecule has 1 aromatic carbocycles. The van der Waals surface area contributed by atoms with Gasteiger partial charge in [-0.1, -0.05) is 64.2 Å². The Morgan fingerprint density at radius 3 is 2.31 bits per heavy atom. The quantitative estimate of drug-likeness (QED) is 0.471. The van der Waals surface area contributed by atoms with E-state index in [2.05, 4.69) is 50.6 Å². The lowest BCUT2D eigenvalue weighted by Gasteiger charge is -2.31. The molecule has 1 amide bonds. The largest absolute Gasteiger partial charge is 0.467 e. The first-order chi connectivity index (χ1) is 12.0. The number of benzene rings is 1. The van der Waals surface area contributed by atoms with E-state index in [1.807, 2.05) is 0 Å². The fourth-order valence-corrected chi connectivity index (χ4v) is 2.85. The third-order valence-corrected chi connectivity index (χ3v) is 9.30. The molecule has 0 radical (unpaired) electrons. The summed E-state index contributed by atoms with van der Waals surface area (Å²) in [6, 6.07) is 7.64. The van der Waals surface area contributed by atoms with Crippen molar-refractivity contribution in [3.05, 3.63) is 35.9 Å². The molecule has 2 atom stereocenters. The van der Waals surface area contributed by atoms with Crippen LogP contribution in [-0.2, 0) is 14.3 Å². The number of rotatable bonds is 5. The molecule has 0 aliphatic carbocycles. The molecule has 0 aliphatic rings. The highest BCUT2D eigenvalue weighted by atomic mass is 28.3. The van der Waals surface area contributed by atoms with Gasteiger partial charge in [0.05, 0.1) is 7.11 Å². The maximum absolute atomic E-state index is 12.3. The Labute approximate surface area is 157 Å². The molecule has 1 aromatic rings. The van der Waals surface area contributed by atoms with Gasteiger partial charge in [-0.25, -0.2) is 4.79 Å². The number of carbonyl (C=O) groups excluding carboxylic acids is 2. The molecule has 0 aromatic heterocycles. The van der Waals surface area contributed by atoms with Crippen LogP contribution in [0.3, 0.4) is 0 Å². The SMILES string of the molecule is COC(=O)[C@H](CC#C[Si](C)(C)C(C)(C)C)NC(=O)[C@@H](O)c1ccccc1. The number of methoxy groups -OCH3 is 1. The van der Waals surface area contributed by atoms with Crippen LogP contribution in [0.2, 0.25) is 18.1 Å². The van der Waals surface area contributed by atoms with Gasteiger partial charge in [0.25, 0.3) is 5.91 Å². The molecule has 5 nitrogen and oxygen atoms in total. The molecule has 0 unspecified atom stereocenters. The van der Waals surface area contributed by atoms with Crippen LogP contribution < -0.4 is 5.32 Å². The Kier molecular flexibility index (Phi) is 7.61. The molecular formula is C20H29NO4Si. The monoisotopic (exact) mass is 375 g/mol. The van der Waals surface area contributed by atoms with Crippen LogP contribution in [0.1, 0.15) is 38.9 Å².